The Morgan fingerprint density at radius 3 is 2.23 bits per heavy atom. The smallest absolute Gasteiger partial charge is 0.329 e. The summed E-state index contributed by atoms with van der Waals surface area (Å²) in [5, 5.41) is 0.687. The number of amides is 2. The Kier molecular flexibility index (Phi) is 5.25. The van der Waals surface area contributed by atoms with Crippen LogP contribution in [0.1, 0.15) is 25.7 Å². The first-order valence-electron chi connectivity index (χ1n) is 7.75. The third kappa shape index (κ3) is 3.57. The summed E-state index contributed by atoms with van der Waals surface area (Å²) >= 11 is 11.7. The molecule has 1 aromatic carbocycles. The molecule has 0 unspecified atom stereocenters. The van der Waals surface area contributed by atoms with Gasteiger partial charge in [0.15, 0.2) is 0 Å². The van der Waals surface area contributed by atoms with Crippen molar-refractivity contribution in [3.63, 3.8) is 0 Å². The zero-order valence-corrected chi connectivity index (χ0v) is 15.7. The standard InChI is InChI=1S/C15H14Cl2N2O6S/c16-9-6-10(17)8-11(7-9)26(23,24)18-5-1-2-12(18)15(22)25-19-13(20)3-4-14(19)21/h6-8,12H,1-5H2/t12-/m0/s1. The van der Waals surface area contributed by atoms with Gasteiger partial charge in [0.25, 0.3) is 11.8 Å². The average molecular weight is 421 g/mol. The molecule has 1 atom stereocenters. The van der Waals surface area contributed by atoms with Gasteiger partial charge in [0, 0.05) is 29.4 Å². The van der Waals surface area contributed by atoms with Crippen LogP contribution >= 0.6 is 23.2 Å². The van der Waals surface area contributed by atoms with Crippen LogP contribution in [0.4, 0.5) is 0 Å². The van der Waals surface area contributed by atoms with Crippen LogP contribution in [-0.2, 0) is 29.2 Å². The Bertz CT molecular complexity index is 852. The molecule has 2 aliphatic heterocycles. The summed E-state index contributed by atoms with van der Waals surface area (Å²) in [6.45, 7) is 0.0914. The Hall–Kier alpha value is -1.68. The third-order valence-electron chi connectivity index (χ3n) is 4.11. The minimum atomic E-state index is -4.06. The highest BCUT2D eigenvalue weighted by Gasteiger charge is 2.43. The number of hydroxylamine groups is 2. The highest BCUT2D eigenvalue weighted by molar-refractivity contribution is 7.89. The van der Waals surface area contributed by atoms with E-state index in [9.17, 15) is 22.8 Å². The predicted molar refractivity (Wildman–Crippen MR) is 90.6 cm³/mol. The predicted octanol–water partition coefficient (Wildman–Crippen LogP) is 1.75. The highest BCUT2D eigenvalue weighted by atomic mass is 35.5. The fourth-order valence-electron chi connectivity index (χ4n) is 2.88. The van der Waals surface area contributed by atoms with Gasteiger partial charge in [0.2, 0.25) is 10.0 Å². The maximum atomic E-state index is 12.9. The first-order valence-corrected chi connectivity index (χ1v) is 9.95. The van der Waals surface area contributed by atoms with Gasteiger partial charge < -0.3 is 4.84 Å². The highest BCUT2D eigenvalue weighted by Crippen LogP contribution is 2.30. The van der Waals surface area contributed by atoms with Crippen molar-refractivity contribution in [1.82, 2.24) is 9.37 Å². The monoisotopic (exact) mass is 420 g/mol. The minimum Gasteiger partial charge on any atom is -0.329 e. The number of hydrogen-bond donors (Lipinski definition) is 0. The zero-order valence-electron chi connectivity index (χ0n) is 13.4. The molecule has 2 amide bonds. The van der Waals surface area contributed by atoms with Crippen molar-refractivity contribution in [2.45, 2.75) is 36.6 Å². The topological polar surface area (TPSA) is 101 Å². The van der Waals surface area contributed by atoms with E-state index in [1.54, 1.807) is 0 Å². The number of carbonyl (C=O) groups excluding carboxylic acids is 3. The zero-order chi connectivity index (χ0) is 19.1. The van der Waals surface area contributed by atoms with Gasteiger partial charge in [-0.2, -0.15) is 4.31 Å². The lowest BCUT2D eigenvalue weighted by atomic mass is 10.2. The molecule has 26 heavy (non-hydrogen) atoms. The second-order valence-electron chi connectivity index (χ2n) is 5.87. The van der Waals surface area contributed by atoms with E-state index in [0.717, 1.165) is 4.31 Å². The molecule has 0 aliphatic carbocycles. The number of imide groups is 1. The van der Waals surface area contributed by atoms with Crippen molar-refractivity contribution in [1.29, 1.82) is 0 Å². The lowest BCUT2D eigenvalue weighted by molar-refractivity contribution is -0.199. The fourth-order valence-corrected chi connectivity index (χ4v) is 5.26. The molecule has 0 radical (unpaired) electrons. The summed E-state index contributed by atoms with van der Waals surface area (Å²) in [5.41, 5.74) is 0. The third-order valence-corrected chi connectivity index (χ3v) is 6.43. The number of rotatable bonds is 4. The van der Waals surface area contributed by atoms with Crippen molar-refractivity contribution in [3.05, 3.63) is 28.2 Å². The van der Waals surface area contributed by atoms with Crippen molar-refractivity contribution >= 4 is 51.0 Å². The van der Waals surface area contributed by atoms with E-state index in [0.29, 0.717) is 11.5 Å². The van der Waals surface area contributed by atoms with E-state index < -0.39 is 33.8 Å². The van der Waals surface area contributed by atoms with Crippen molar-refractivity contribution in [3.8, 4) is 0 Å². The molecule has 0 spiro atoms. The van der Waals surface area contributed by atoms with Gasteiger partial charge in [-0.3, -0.25) is 9.59 Å². The molecule has 2 aliphatic rings. The second kappa shape index (κ2) is 7.15. The molecular formula is C15H14Cl2N2O6S. The molecule has 2 fully saturated rings. The Morgan fingerprint density at radius 1 is 1.08 bits per heavy atom. The van der Waals surface area contributed by atoms with Gasteiger partial charge in [0.1, 0.15) is 6.04 Å². The van der Waals surface area contributed by atoms with Gasteiger partial charge in [-0.1, -0.05) is 23.2 Å². The van der Waals surface area contributed by atoms with Crippen LogP contribution in [0.15, 0.2) is 23.1 Å². The molecule has 8 nitrogen and oxygen atoms in total. The van der Waals surface area contributed by atoms with Crippen LogP contribution in [0.3, 0.4) is 0 Å². The summed E-state index contributed by atoms with van der Waals surface area (Å²) in [7, 11) is -4.06. The Labute approximate surface area is 159 Å². The molecule has 0 bridgehead atoms. The number of carbonyl (C=O) groups is 3. The first-order chi connectivity index (χ1) is 12.2. The molecule has 2 heterocycles. The normalized spacial score (nSPS) is 21.5. The molecule has 2 saturated heterocycles. The van der Waals surface area contributed by atoms with Crippen molar-refractivity contribution in [2.24, 2.45) is 0 Å². The van der Waals surface area contributed by atoms with Gasteiger partial charge in [0.05, 0.1) is 4.90 Å². The fraction of sp³-hybridized carbons (Fsp3) is 0.400. The van der Waals surface area contributed by atoms with Crippen LogP contribution in [0, 0.1) is 0 Å². The quantitative estimate of drug-likeness (QED) is 0.687. The van der Waals surface area contributed by atoms with E-state index >= 15 is 0 Å². The summed E-state index contributed by atoms with van der Waals surface area (Å²) in [4.78, 5) is 40.3. The van der Waals surface area contributed by atoms with E-state index in [2.05, 4.69) is 0 Å². The molecule has 11 heteroatoms. The maximum Gasteiger partial charge on any atom is 0.351 e. The summed E-state index contributed by atoms with van der Waals surface area (Å²) in [5.74, 6) is -2.22. The van der Waals surface area contributed by atoms with Crippen LogP contribution in [0.5, 0.6) is 0 Å². The van der Waals surface area contributed by atoms with Gasteiger partial charge in [-0.05, 0) is 31.0 Å². The van der Waals surface area contributed by atoms with E-state index in [1.807, 2.05) is 0 Å². The van der Waals surface area contributed by atoms with Crippen LogP contribution in [0.2, 0.25) is 10.0 Å². The Morgan fingerprint density at radius 2 is 1.65 bits per heavy atom. The van der Waals surface area contributed by atoms with Crippen LogP contribution < -0.4 is 0 Å². The molecule has 0 saturated carbocycles. The van der Waals surface area contributed by atoms with Crippen LogP contribution in [-0.4, -0.2) is 48.2 Å². The molecule has 140 valence electrons. The van der Waals surface area contributed by atoms with Crippen molar-refractivity contribution < 1.29 is 27.6 Å². The SMILES string of the molecule is O=C(ON1C(=O)CCC1=O)[C@@H]1CCCN1S(=O)(=O)c1cc(Cl)cc(Cl)c1. The van der Waals surface area contributed by atoms with Gasteiger partial charge in [-0.25, -0.2) is 13.2 Å². The first kappa shape index (κ1) is 19.1. The number of nitrogens with zero attached hydrogens (tertiary/aromatic N) is 2. The van der Waals surface area contributed by atoms with Gasteiger partial charge >= 0.3 is 5.97 Å². The largest absolute Gasteiger partial charge is 0.351 e. The maximum absolute atomic E-state index is 12.9. The molecule has 1 aromatic rings. The summed E-state index contributed by atoms with van der Waals surface area (Å²) in [6, 6.07) is 2.72. The lowest BCUT2D eigenvalue weighted by Gasteiger charge is -2.24. The number of hydrogen-bond acceptors (Lipinski definition) is 6. The molecule has 0 N–H and O–H groups in total. The lowest BCUT2D eigenvalue weighted by Crippen LogP contribution is -2.44. The summed E-state index contributed by atoms with van der Waals surface area (Å²) in [6.07, 6.45) is 0.553. The summed E-state index contributed by atoms with van der Waals surface area (Å²) < 4.78 is 26.7. The van der Waals surface area contributed by atoms with Crippen LogP contribution in [0.25, 0.3) is 0 Å². The van der Waals surface area contributed by atoms with Gasteiger partial charge in [-0.15, -0.1) is 5.06 Å². The minimum absolute atomic E-state index is 0.0419. The number of halogens is 2. The van der Waals surface area contributed by atoms with E-state index in [1.165, 1.54) is 18.2 Å². The second-order valence-corrected chi connectivity index (χ2v) is 8.63. The Balaban J connectivity index is 1.84. The molecular weight excluding hydrogens is 407 g/mol. The number of sulfonamides is 1. The number of benzene rings is 1. The van der Waals surface area contributed by atoms with Crippen molar-refractivity contribution in [2.75, 3.05) is 6.54 Å². The average Bonchev–Trinajstić information content (AvgIpc) is 3.16. The van der Waals surface area contributed by atoms with E-state index in [4.69, 9.17) is 28.0 Å². The van der Waals surface area contributed by atoms with E-state index in [-0.39, 0.29) is 40.7 Å². The molecule has 0 aromatic heterocycles. The molecule has 3 rings (SSSR count).